The maximum absolute atomic E-state index is 6.68. The van der Waals surface area contributed by atoms with E-state index in [1.54, 1.807) is 0 Å². The second-order valence-corrected chi connectivity index (χ2v) is 16.0. The number of rotatable bonds is 6. The Balaban J connectivity index is 1.23. The predicted octanol–water partition coefficient (Wildman–Crippen LogP) is 14.2. The van der Waals surface area contributed by atoms with Gasteiger partial charge in [0.05, 0.1) is 28.2 Å². The normalized spacial score (nSPS) is 19.2. The molecule has 2 unspecified atom stereocenters. The van der Waals surface area contributed by atoms with Crippen molar-refractivity contribution in [2.45, 2.75) is 56.4 Å². The van der Waals surface area contributed by atoms with Crippen LogP contribution >= 0.6 is 0 Å². The lowest BCUT2D eigenvalue weighted by molar-refractivity contribution is 0.379. The minimum absolute atomic E-state index is 0.0280. The Labute approximate surface area is 328 Å². The van der Waals surface area contributed by atoms with Crippen LogP contribution in [0.25, 0.3) is 49.4 Å². The molecule has 272 valence electrons. The lowest BCUT2D eigenvalue weighted by Crippen LogP contribution is -2.48. The molecular formula is C53H44N2O. The molecule has 1 aliphatic heterocycles. The van der Waals surface area contributed by atoms with Crippen LogP contribution in [0.1, 0.15) is 62.0 Å². The van der Waals surface area contributed by atoms with Crippen LogP contribution in [0.5, 0.6) is 5.75 Å². The van der Waals surface area contributed by atoms with Crippen molar-refractivity contribution >= 4 is 44.0 Å². The van der Waals surface area contributed by atoms with Gasteiger partial charge in [0.1, 0.15) is 11.5 Å². The molecule has 0 saturated heterocycles. The predicted molar refractivity (Wildman–Crippen MR) is 234 cm³/mol. The Bertz CT molecular complexity index is 2850. The molecule has 2 heterocycles. The fraction of sp³-hybridized carbons (Fsp3) is 0.170. The SMILES string of the molecule is CC1(N(c2ccccc2-c2cccc3cccc(C4CCCCC4)c23)c2cccc3c2c2ccccc2n3-c2ccccc2)C=CC=C2Oc3ccccc3C21. The first kappa shape index (κ1) is 33.1. The standard InChI is InChI=1S/C53H44N2O/c1-53(35-17-34-49-52(53)43-26-10-13-33-48(43)56-49)55(47-32-16-31-46-51(47)42-25-9-11-29-44(42)54(46)38-22-6-3-7-23-38)45-30-12-8-24-40(45)41-28-15-21-37-20-14-27-39(50(37)41)36-18-4-2-5-19-36/h3,6-17,20-36,52H,2,4-5,18-19H2,1H3. The zero-order valence-electron chi connectivity index (χ0n) is 31.7. The van der Waals surface area contributed by atoms with Crippen molar-refractivity contribution in [3.63, 3.8) is 0 Å². The summed E-state index contributed by atoms with van der Waals surface area (Å²) in [7, 11) is 0. The molecule has 3 aliphatic rings. The molecule has 0 bridgehead atoms. The minimum Gasteiger partial charge on any atom is -0.461 e. The van der Waals surface area contributed by atoms with Crippen molar-refractivity contribution in [3.8, 4) is 22.6 Å². The van der Waals surface area contributed by atoms with E-state index in [1.165, 1.54) is 98.3 Å². The molecular weight excluding hydrogens is 681 g/mol. The van der Waals surface area contributed by atoms with Crippen molar-refractivity contribution in [1.82, 2.24) is 4.57 Å². The Kier molecular flexibility index (Phi) is 7.77. The minimum atomic E-state index is -0.548. The Morgan fingerprint density at radius 2 is 1.27 bits per heavy atom. The molecule has 1 aromatic heterocycles. The fourth-order valence-electron chi connectivity index (χ4n) is 10.5. The van der Waals surface area contributed by atoms with Gasteiger partial charge in [-0.2, -0.15) is 0 Å². The highest BCUT2D eigenvalue weighted by Gasteiger charge is 2.49. The zero-order valence-corrected chi connectivity index (χ0v) is 31.7. The van der Waals surface area contributed by atoms with E-state index in [0.717, 1.165) is 17.2 Å². The van der Waals surface area contributed by atoms with Crippen LogP contribution in [0.15, 0.2) is 182 Å². The number of allylic oxidation sites excluding steroid dienone is 2. The van der Waals surface area contributed by atoms with Crippen molar-refractivity contribution in [1.29, 1.82) is 0 Å². The van der Waals surface area contributed by atoms with E-state index in [2.05, 4.69) is 192 Å². The van der Waals surface area contributed by atoms with E-state index in [4.69, 9.17) is 4.74 Å². The van der Waals surface area contributed by atoms with Gasteiger partial charge in [-0.3, -0.25) is 0 Å². The number of hydrogen-bond acceptors (Lipinski definition) is 2. The van der Waals surface area contributed by atoms with Gasteiger partial charge in [0.15, 0.2) is 0 Å². The van der Waals surface area contributed by atoms with Gasteiger partial charge < -0.3 is 14.2 Å². The van der Waals surface area contributed by atoms with Gasteiger partial charge in [0.2, 0.25) is 0 Å². The summed E-state index contributed by atoms with van der Waals surface area (Å²) >= 11 is 0. The topological polar surface area (TPSA) is 17.4 Å². The smallest absolute Gasteiger partial charge is 0.131 e. The maximum atomic E-state index is 6.68. The molecule has 1 fully saturated rings. The molecule has 8 aromatic rings. The summed E-state index contributed by atoms with van der Waals surface area (Å²) in [5.74, 6) is 2.48. The Morgan fingerprint density at radius 1 is 0.589 bits per heavy atom. The number of benzene rings is 7. The molecule has 7 aromatic carbocycles. The van der Waals surface area contributed by atoms with Crippen molar-refractivity contribution in [3.05, 3.63) is 193 Å². The van der Waals surface area contributed by atoms with Gasteiger partial charge in [0.25, 0.3) is 0 Å². The maximum Gasteiger partial charge on any atom is 0.131 e. The van der Waals surface area contributed by atoms with E-state index < -0.39 is 5.54 Å². The monoisotopic (exact) mass is 724 g/mol. The number of ether oxygens (including phenoxy) is 1. The Morgan fingerprint density at radius 3 is 2.16 bits per heavy atom. The highest BCUT2D eigenvalue weighted by Crippen LogP contribution is 2.56. The molecule has 0 N–H and O–H groups in total. The second kappa shape index (κ2) is 13.2. The van der Waals surface area contributed by atoms with Crippen LogP contribution in [0.2, 0.25) is 0 Å². The lowest BCUT2D eigenvalue weighted by Gasteiger charge is -2.47. The van der Waals surface area contributed by atoms with E-state index >= 15 is 0 Å². The molecule has 0 amide bonds. The highest BCUT2D eigenvalue weighted by atomic mass is 16.5. The molecule has 1 saturated carbocycles. The van der Waals surface area contributed by atoms with Crippen molar-refractivity contribution in [2.24, 2.45) is 0 Å². The fourth-order valence-corrected chi connectivity index (χ4v) is 10.5. The summed E-state index contributed by atoms with van der Waals surface area (Å²) in [6, 6.07) is 58.2. The summed E-state index contributed by atoms with van der Waals surface area (Å²) in [4.78, 5) is 2.66. The van der Waals surface area contributed by atoms with Crippen LogP contribution < -0.4 is 9.64 Å². The molecule has 3 nitrogen and oxygen atoms in total. The first-order valence-electron chi connectivity index (χ1n) is 20.3. The summed E-state index contributed by atoms with van der Waals surface area (Å²) in [6.45, 7) is 2.41. The van der Waals surface area contributed by atoms with Crippen LogP contribution in [-0.2, 0) is 0 Å². The van der Waals surface area contributed by atoms with E-state index in [-0.39, 0.29) is 5.92 Å². The highest BCUT2D eigenvalue weighted by molar-refractivity contribution is 6.16. The van der Waals surface area contributed by atoms with Crippen LogP contribution in [-0.4, -0.2) is 10.1 Å². The van der Waals surface area contributed by atoms with Gasteiger partial charge >= 0.3 is 0 Å². The summed E-state index contributed by atoms with van der Waals surface area (Å²) in [5.41, 5.74) is 10.6. The lowest BCUT2D eigenvalue weighted by atomic mass is 9.75. The van der Waals surface area contributed by atoms with Crippen LogP contribution in [0.3, 0.4) is 0 Å². The molecule has 56 heavy (non-hydrogen) atoms. The molecule has 2 aliphatic carbocycles. The van der Waals surface area contributed by atoms with E-state index in [9.17, 15) is 0 Å². The third kappa shape index (κ3) is 5.03. The van der Waals surface area contributed by atoms with Crippen molar-refractivity contribution in [2.75, 3.05) is 4.90 Å². The van der Waals surface area contributed by atoms with Crippen LogP contribution in [0.4, 0.5) is 11.4 Å². The quantitative estimate of drug-likeness (QED) is 0.170. The van der Waals surface area contributed by atoms with Crippen molar-refractivity contribution < 1.29 is 4.74 Å². The molecule has 11 rings (SSSR count). The molecule has 0 radical (unpaired) electrons. The largest absolute Gasteiger partial charge is 0.461 e. The Hall–Kier alpha value is -6.32. The summed E-state index contributed by atoms with van der Waals surface area (Å²) in [6.07, 6.45) is 13.3. The number of hydrogen-bond donors (Lipinski definition) is 0. The zero-order chi connectivity index (χ0) is 37.2. The van der Waals surface area contributed by atoms with Crippen LogP contribution in [0, 0.1) is 0 Å². The average Bonchev–Trinajstić information content (AvgIpc) is 3.82. The average molecular weight is 725 g/mol. The number of para-hydroxylation sites is 4. The first-order valence-corrected chi connectivity index (χ1v) is 20.3. The molecule has 3 heteroatoms. The summed E-state index contributed by atoms with van der Waals surface area (Å²) in [5, 5.41) is 5.18. The number of aromatic nitrogens is 1. The van der Waals surface area contributed by atoms with Gasteiger partial charge in [-0.25, -0.2) is 0 Å². The third-order valence-electron chi connectivity index (χ3n) is 12.9. The third-order valence-corrected chi connectivity index (χ3v) is 12.9. The number of anilines is 2. The van der Waals surface area contributed by atoms with E-state index in [1.807, 2.05) is 0 Å². The van der Waals surface area contributed by atoms with Gasteiger partial charge in [-0.05, 0) is 96.1 Å². The van der Waals surface area contributed by atoms with E-state index in [0.29, 0.717) is 5.92 Å². The van der Waals surface area contributed by atoms with Gasteiger partial charge in [-0.1, -0.05) is 147 Å². The number of fused-ring (bicyclic) bond motifs is 7. The number of nitrogens with zero attached hydrogens (tertiary/aromatic N) is 2. The second-order valence-electron chi connectivity index (χ2n) is 16.0. The first-order chi connectivity index (χ1) is 27.7. The van der Waals surface area contributed by atoms with Gasteiger partial charge in [0, 0.05) is 33.3 Å². The summed E-state index contributed by atoms with van der Waals surface area (Å²) < 4.78 is 9.11. The van der Waals surface area contributed by atoms with Gasteiger partial charge in [-0.15, -0.1) is 0 Å². The molecule has 2 atom stereocenters. The molecule has 0 spiro atoms.